The van der Waals surface area contributed by atoms with Gasteiger partial charge in [0.15, 0.2) is 17.6 Å². The van der Waals surface area contributed by atoms with Gasteiger partial charge < -0.3 is 19.7 Å². The molecule has 0 spiro atoms. The van der Waals surface area contributed by atoms with Crippen LogP contribution >= 0.6 is 0 Å². The minimum absolute atomic E-state index is 0.134. The topological polar surface area (TPSA) is 50.8 Å². The number of nitrogens with one attached hydrogen (secondary N) is 1. The average molecular weight is 362 g/mol. The molecule has 0 unspecified atom stereocenters. The van der Waals surface area contributed by atoms with Gasteiger partial charge in [0.05, 0.1) is 6.54 Å². The van der Waals surface area contributed by atoms with Crippen LogP contribution in [-0.4, -0.2) is 37.2 Å². The molecule has 0 bridgehead atoms. The zero-order valence-electron chi connectivity index (χ0n) is 15.2. The molecule has 0 radical (unpaired) electrons. The van der Waals surface area contributed by atoms with Gasteiger partial charge in [-0.2, -0.15) is 0 Å². The number of hydrogen-bond donors (Lipinski definition) is 1. The Hall–Kier alpha value is -3.21. The molecule has 0 fully saturated rings. The number of para-hydroxylation sites is 2. The molecule has 2 amide bonds. The van der Waals surface area contributed by atoms with Crippen LogP contribution in [0.25, 0.3) is 10.8 Å². The van der Waals surface area contributed by atoms with Crippen molar-refractivity contribution in [2.75, 3.05) is 20.2 Å². The van der Waals surface area contributed by atoms with Gasteiger partial charge in [0, 0.05) is 13.6 Å². The summed E-state index contributed by atoms with van der Waals surface area (Å²) in [5, 5.41) is 5.28. The average Bonchev–Trinajstić information content (AvgIpc) is 2.72. The van der Waals surface area contributed by atoms with E-state index in [2.05, 4.69) is 29.6 Å². The molecule has 0 aliphatic carbocycles. The molecule has 3 aromatic carbocycles. The monoisotopic (exact) mass is 362 g/mol. The van der Waals surface area contributed by atoms with E-state index in [1.54, 1.807) is 11.9 Å². The van der Waals surface area contributed by atoms with Gasteiger partial charge in [0.1, 0.15) is 6.61 Å². The van der Waals surface area contributed by atoms with Crippen molar-refractivity contribution in [3.8, 4) is 11.5 Å². The van der Waals surface area contributed by atoms with Crippen LogP contribution < -0.4 is 14.8 Å². The van der Waals surface area contributed by atoms with E-state index in [9.17, 15) is 4.79 Å². The van der Waals surface area contributed by atoms with Gasteiger partial charge in [-0.15, -0.1) is 0 Å². The van der Waals surface area contributed by atoms with Gasteiger partial charge in [-0.25, -0.2) is 4.79 Å². The highest BCUT2D eigenvalue weighted by molar-refractivity contribution is 5.86. The van der Waals surface area contributed by atoms with Crippen molar-refractivity contribution in [1.82, 2.24) is 10.2 Å². The predicted molar refractivity (Wildman–Crippen MR) is 105 cm³/mol. The van der Waals surface area contributed by atoms with E-state index in [1.807, 2.05) is 42.5 Å². The fourth-order valence-electron chi connectivity index (χ4n) is 3.26. The van der Waals surface area contributed by atoms with Gasteiger partial charge in [-0.05, 0) is 28.5 Å². The SMILES string of the molecule is CN(Cc1cccc2ccccc12)C(=O)NC[C@H]1COc2ccccc2O1. The van der Waals surface area contributed by atoms with Crippen molar-refractivity contribution in [3.63, 3.8) is 0 Å². The van der Waals surface area contributed by atoms with Crippen LogP contribution in [0.15, 0.2) is 66.7 Å². The van der Waals surface area contributed by atoms with Crippen molar-refractivity contribution < 1.29 is 14.3 Å². The summed E-state index contributed by atoms with van der Waals surface area (Å²) in [5.41, 5.74) is 1.12. The molecule has 27 heavy (non-hydrogen) atoms. The Labute approximate surface area is 158 Å². The van der Waals surface area contributed by atoms with Crippen LogP contribution in [0.4, 0.5) is 4.79 Å². The Morgan fingerprint density at radius 1 is 1.04 bits per heavy atom. The number of amides is 2. The molecule has 4 rings (SSSR count). The minimum atomic E-state index is -0.199. The Morgan fingerprint density at radius 3 is 2.67 bits per heavy atom. The lowest BCUT2D eigenvalue weighted by atomic mass is 10.0. The first-order valence-corrected chi connectivity index (χ1v) is 9.05. The fraction of sp³-hybridized carbons (Fsp3) is 0.227. The van der Waals surface area contributed by atoms with Gasteiger partial charge in [0.25, 0.3) is 0 Å². The van der Waals surface area contributed by atoms with E-state index >= 15 is 0 Å². The molecule has 5 nitrogen and oxygen atoms in total. The van der Waals surface area contributed by atoms with Crippen molar-refractivity contribution >= 4 is 16.8 Å². The van der Waals surface area contributed by atoms with Crippen molar-refractivity contribution in [2.45, 2.75) is 12.6 Å². The normalized spacial score (nSPS) is 15.4. The number of hydrogen-bond acceptors (Lipinski definition) is 3. The summed E-state index contributed by atoms with van der Waals surface area (Å²) in [7, 11) is 1.80. The van der Waals surface area contributed by atoms with E-state index in [0.29, 0.717) is 25.4 Å². The number of benzene rings is 3. The number of rotatable bonds is 4. The molecule has 0 aromatic heterocycles. The van der Waals surface area contributed by atoms with E-state index < -0.39 is 0 Å². The fourth-order valence-corrected chi connectivity index (χ4v) is 3.26. The highest BCUT2D eigenvalue weighted by Crippen LogP contribution is 2.30. The molecule has 0 saturated carbocycles. The molecule has 0 saturated heterocycles. The van der Waals surface area contributed by atoms with Gasteiger partial charge in [-0.1, -0.05) is 54.6 Å². The number of carbonyl (C=O) groups excluding carboxylic acids is 1. The lowest BCUT2D eigenvalue weighted by Gasteiger charge is -2.27. The highest BCUT2D eigenvalue weighted by atomic mass is 16.6. The quantitative estimate of drug-likeness (QED) is 0.768. The molecule has 3 aromatic rings. The molecule has 1 atom stereocenters. The van der Waals surface area contributed by atoms with Crippen molar-refractivity contribution in [1.29, 1.82) is 0 Å². The maximum absolute atomic E-state index is 12.5. The first kappa shape index (κ1) is 17.2. The molecule has 1 aliphatic heterocycles. The smallest absolute Gasteiger partial charge is 0.317 e. The van der Waals surface area contributed by atoms with Crippen LogP contribution in [0.2, 0.25) is 0 Å². The Morgan fingerprint density at radius 2 is 1.78 bits per heavy atom. The number of ether oxygens (including phenoxy) is 2. The van der Waals surface area contributed by atoms with E-state index in [-0.39, 0.29) is 12.1 Å². The molecule has 138 valence electrons. The van der Waals surface area contributed by atoms with Crippen molar-refractivity contribution in [3.05, 3.63) is 72.3 Å². The maximum Gasteiger partial charge on any atom is 0.317 e. The van der Waals surface area contributed by atoms with E-state index in [0.717, 1.165) is 11.3 Å². The van der Waals surface area contributed by atoms with Gasteiger partial charge in [0.2, 0.25) is 0 Å². The lowest BCUT2D eigenvalue weighted by Crippen LogP contribution is -2.44. The summed E-state index contributed by atoms with van der Waals surface area (Å²) in [6.45, 7) is 1.36. The summed E-state index contributed by atoms with van der Waals surface area (Å²) in [4.78, 5) is 14.2. The van der Waals surface area contributed by atoms with E-state index in [4.69, 9.17) is 9.47 Å². The van der Waals surface area contributed by atoms with E-state index in [1.165, 1.54) is 10.8 Å². The Kier molecular flexibility index (Phi) is 4.83. The first-order chi connectivity index (χ1) is 13.2. The Balaban J connectivity index is 1.35. The summed E-state index contributed by atoms with van der Waals surface area (Å²) in [6, 6.07) is 21.8. The number of carbonyl (C=O) groups is 1. The summed E-state index contributed by atoms with van der Waals surface area (Å²) in [5.74, 6) is 1.46. The van der Waals surface area contributed by atoms with Crippen LogP contribution in [0.1, 0.15) is 5.56 Å². The van der Waals surface area contributed by atoms with Crippen LogP contribution in [0.3, 0.4) is 0 Å². The number of nitrogens with zero attached hydrogens (tertiary/aromatic N) is 1. The molecule has 1 aliphatic rings. The Bertz CT molecular complexity index is 952. The minimum Gasteiger partial charge on any atom is -0.486 e. The maximum atomic E-state index is 12.5. The second-order valence-electron chi connectivity index (χ2n) is 6.68. The summed E-state index contributed by atoms with van der Waals surface area (Å²) < 4.78 is 11.6. The molecule has 1 N–H and O–H groups in total. The highest BCUT2D eigenvalue weighted by Gasteiger charge is 2.21. The van der Waals surface area contributed by atoms with Crippen LogP contribution in [0, 0.1) is 0 Å². The predicted octanol–water partition coefficient (Wildman–Crippen LogP) is 3.82. The second kappa shape index (κ2) is 7.58. The van der Waals surface area contributed by atoms with Gasteiger partial charge in [-0.3, -0.25) is 0 Å². The largest absolute Gasteiger partial charge is 0.486 e. The van der Waals surface area contributed by atoms with Gasteiger partial charge >= 0.3 is 6.03 Å². The zero-order chi connectivity index (χ0) is 18.6. The lowest BCUT2D eigenvalue weighted by molar-refractivity contribution is 0.0904. The third kappa shape index (κ3) is 3.82. The molecular weight excluding hydrogens is 340 g/mol. The summed E-state index contributed by atoms with van der Waals surface area (Å²) >= 11 is 0. The first-order valence-electron chi connectivity index (χ1n) is 9.05. The number of urea groups is 1. The third-order valence-corrected chi connectivity index (χ3v) is 4.68. The third-order valence-electron chi connectivity index (χ3n) is 4.68. The molecule has 5 heteroatoms. The van der Waals surface area contributed by atoms with Crippen LogP contribution in [-0.2, 0) is 6.54 Å². The zero-order valence-corrected chi connectivity index (χ0v) is 15.2. The molecule has 1 heterocycles. The standard InChI is InChI=1S/C22H22N2O3/c1-24(14-17-9-6-8-16-7-2-3-10-19(16)17)22(25)23-13-18-15-26-20-11-4-5-12-21(20)27-18/h2-12,18H,13-15H2,1H3,(H,23,25)/t18-/m0/s1. The molecular formula is C22H22N2O3. The number of fused-ring (bicyclic) bond motifs is 2. The summed E-state index contributed by atoms with van der Waals surface area (Å²) in [6.07, 6.45) is -0.199. The second-order valence-corrected chi connectivity index (χ2v) is 6.68. The van der Waals surface area contributed by atoms with Crippen LogP contribution in [0.5, 0.6) is 11.5 Å². The van der Waals surface area contributed by atoms with Crippen molar-refractivity contribution in [2.24, 2.45) is 0 Å².